The molecule has 2 heterocycles. The van der Waals surface area contributed by atoms with Gasteiger partial charge in [0.15, 0.2) is 11.8 Å². The Labute approximate surface area is 139 Å². The molecule has 0 bridgehead atoms. The van der Waals surface area contributed by atoms with Crippen LogP contribution in [-0.2, 0) is 9.57 Å². The normalized spacial score (nSPS) is 13.8. The fourth-order valence-electron chi connectivity index (χ4n) is 1.76. The first-order chi connectivity index (χ1) is 10.6. The average Bonchev–Trinajstić information content (AvgIpc) is 2.88. The van der Waals surface area contributed by atoms with E-state index in [0.29, 0.717) is 30.4 Å². The first-order valence-corrected chi connectivity index (χ1v) is 7.73. The highest BCUT2D eigenvalue weighted by molar-refractivity contribution is 7.09. The van der Waals surface area contributed by atoms with Crippen molar-refractivity contribution in [2.45, 2.75) is 0 Å². The van der Waals surface area contributed by atoms with Crippen LogP contribution in [0.5, 0.6) is 0 Å². The zero-order chi connectivity index (χ0) is 15.5. The van der Waals surface area contributed by atoms with Crippen LogP contribution >= 0.6 is 34.7 Å². The maximum Gasteiger partial charge on any atom is 0.268 e. The number of oxime groups is 1. The number of carbonyl (C=O) groups is 1. The Kier molecular flexibility index (Phi) is 4.47. The second kappa shape index (κ2) is 6.51. The monoisotopic (exact) mass is 357 g/mol. The number of rotatable bonds is 3. The topological polar surface area (TPSA) is 72.8 Å². The van der Waals surface area contributed by atoms with Crippen molar-refractivity contribution in [3.63, 3.8) is 0 Å². The molecule has 22 heavy (non-hydrogen) atoms. The van der Waals surface area contributed by atoms with Crippen LogP contribution in [0.15, 0.2) is 29.4 Å². The Morgan fingerprint density at radius 3 is 2.86 bits per heavy atom. The van der Waals surface area contributed by atoms with Gasteiger partial charge in [-0.1, -0.05) is 29.3 Å². The molecule has 0 saturated heterocycles. The van der Waals surface area contributed by atoms with E-state index in [2.05, 4.69) is 14.8 Å². The first-order valence-electron chi connectivity index (χ1n) is 6.20. The number of carbonyl (C=O) groups excluding carboxylic acids is 1. The molecule has 0 atom stereocenters. The lowest BCUT2D eigenvalue weighted by Crippen LogP contribution is -2.17. The lowest BCUT2D eigenvalue weighted by atomic mass is 10.2. The zero-order valence-corrected chi connectivity index (χ0v) is 13.3. The van der Waals surface area contributed by atoms with Crippen LogP contribution in [0.1, 0.15) is 15.2 Å². The lowest BCUT2D eigenvalue weighted by molar-refractivity contribution is 0.0655. The van der Waals surface area contributed by atoms with Gasteiger partial charge in [-0.25, -0.2) is 0 Å². The molecule has 1 aliphatic rings. The molecule has 0 radical (unpaired) electrons. The van der Waals surface area contributed by atoms with Crippen molar-refractivity contribution in [3.05, 3.63) is 44.9 Å². The molecular weight excluding hydrogens is 349 g/mol. The summed E-state index contributed by atoms with van der Waals surface area (Å²) in [5, 5.41) is 6.82. The van der Waals surface area contributed by atoms with Crippen molar-refractivity contribution in [2.75, 3.05) is 18.5 Å². The number of nitrogens with zero attached hydrogens (tertiary/aromatic N) is 2. The Morgan fingerprint density at radius 2 is 2.18 bits per heavy atom. The molecule has 0 unspecified atom stereocenters. The summed E-state index contributed by atoms with van der Waals surface area (Å²) in [5.41, 5.74) is 1.27. The molecule has 2 aromatic rings. The SMILES string of the molecule is O=C(Nc1cccc(C2=NOCCO2)c1)c1snc(Cl)c1Cl. The van der Waals surface area contributed by atoms with Gasteiger partial charge in [-0.05, 0) is 34.9 Å². The van der Waals surface area contributed by atoms with Crippen LogP contribution in [0.25, 0.3) is 0 Å². The minimum Gasteiger partial charge on any atom is -0.471 e. The minimum atomic E-state index is -0.380. The number of anilines is 1. The third-order valence-electron chi connectivity index (χ3n) is 2.73. The molecule has 1 N–H and O–H groups in total. The molecule has 6 nitrogen and oxygen atoms in total. The fourth-order valence-corrected chi connectivity index (χ4v) is 2.87. The Hall–Kier alpha value is -1.83. The smallest absolute Gasteiger partial charge is 0.268 e. The molecule has 0 fully saturated rings. The van der Waals surface area contributed by atoms with Crippen LogP contribution in [0.2, 0.25) is 10.2 Å². The second-order valence-electron chi connectivity index (χ2n) is 4.23. The van der Waals surface area contributed by atoms with Gasteiger partial charge in [-0.2, -0.15) is 4.37 Å². The number of ether oxygens (including phenoxy) is 1. The third kappa shape index (κ3) is 3.16. The van der Waals surface area contributed by atoms with Crippen LogP contribution in [0.4, 0.5) is 5.69 Å². The van der Waals surface area contributed by atoms with Gasteiger partial charge in [-0.3, -0.25) is 4.79 Å². The van der Waals surface area contributed by atoms with E-state index in [1.165, 1.54) is 0 Å². The highest BCUT2D eigenvalue weighted by Crippen LogP contribution is 2.29. The molecule has 1 amide bonds. The molecule has 9 heteroatoms. The number of benzene rings is 1. The summed E-state index contributed by atoms with van der Waals surface area (Å²) >= 11 is 12.6. The highest BCUT2D eigenvalue weighted by atomic mass is 35.5. The zero-order valence-electron chi connectivity index (χ0n) is 11.0. The number of halogens is 2. The molecule has 3 rings (SSSR count). The van der Waals surface area contributed by atoms with Gasteiger partial charge >= 0.3 is 0 Å². The first kappa shape index (κ1) is 15.1. The van der Waals surface area contributed by atoms with Crippen LogP contribution in [0.3, 0.4) is 0 Å². The van der Waals surface area contributed by atoms with Gasteiger partial charge in [0.05, 0.1) is 0 Å². The summed E-state index contributed by atoms with van der Waals surface area (Å²) in [5.74, 6) is -0.00415. The summed E-state index contributed by atoms with van der Waals surface area (Å²) in [6.07, 6.45) is 0. The Bertz CT molecular complexity index is 748. The van der Waals surface area contributed by atoms with E-state index in [1.807, 2.05) is 0 Å². The van der Waals surface area contributed by atoms with Gasteiger partial charge in [0.25, 0.3) is 11.8 Å². The second-order valence-corrected chi connectivity index (χ2v) is 5.74. The fraction of sp³-hybridized carbons (Fsp3) is 0.154. The Balaban J connectivity index is 1.79. The molecule has 1 aromatic carbocycles. The van der Waals surface area contributed by atoms with Gasteiger partial charge < -0.3 is 14.9 Å². The minimum absolute atomic E-state index is 0.118. The average molecular weight is 358 g/mol. The lowest BCUT2D eigenvalue weighted by Gasteiger charge is -2.14. The van der Waals surface area contributed by atoms with Crippen molar-refractivity contribution in [1.82, 2.24) is 4.37 Å². The maximum absolute atomic E-state index is 12.2. The van der Waals surface area contributed by atoms with E-state index in [1.54, 1.807) is 24.3 Å². The van der Waals surface area contributed by atoms with Crippen molar-refractivity contribution in [1.29, 1.82) is 0 Å². The Morgan fingerprint density at radius 1 is 1.32 bits per heavy atom. The third-order valence-corrected chi connectivity index (χ3v) is 4.53. The van der Waals surface area contributed by atoms with Gasteiger partial charge in [-0.15, -0.1) is 0 Å². The van der Waals surface area contributed by atoms with Crippen molar-refractivity contribution < 1.29 is 14.4 Å². The number of amides is 1. The van der Waals surface area contributed by atoms with Crippen molar-refractivity contribution in [2.24, 2.45) is 5.16 Å². The number of aromatic nitrogens is 1. The summed E-state index contributed by atoms with van der Waals surface area (Å²) in [6, 6.07) is 7.04. The summed E-state index contributed by atoms with van der Waals surface area (Å²) in [6.45, 7) is 0.856. The van der Waals surface area contributed by atoms with E-state index in [9.17, 15) is 4.79 Å². The van der Waals surface area contributed by atoms with Gasteiger partial charge in [0, 0.05) is 11.3 Å². The van der Waals surface area contributed by atoms with E-state index >= 15 is 0 Å². The quantitative estimate of drug-likeness (QED) is 0.913. The molecule has 114 valence electrons. The van der Waals surface area contributed by atoms with Crippen LogP contribution < -0.4 is 5.32 Å². The standard InChI is InChI=1S/C13H9Cl2N3O3S/c14-9-10(22-18-11(9)15)12(19)16-8-3-1-2-7(6-8)13-17-21-5-4-20-13/h1-3,6H,4-5H2,(H,16,19). The number of hydrogen-bond donors (Lipinski definition) is 1. The van der Waals surface area contributed by atoms with Crippen LogP contribution in [-0.4, -0.2) is 29.4 Å². The summed E-state index contributed by atoms with van der Waals surface area (Å²) in [4.78, 5) is 17.4. The summed E-state index contributed by atoms with van der Waals surface area (Å²) in [7, 11) is 0. The van der Waals surface area contributed by atoms with Crippen LogP contribution in [0, 0.1) is 0 Å². The van der Waals surface area contributed by atoms with Crippen molar-refractivity contribution in [3.8, 4) is 0 Å². The molecule has 0 spiro atoms. The number of nitrogens with one attached hydrogen (secondary N) is 1. The van der Waals surface area contributed by atoms with E-state index in [-0.39, 0.29) is 21.0 Å². The highest BCUT2D eigenvalue weighted by Gasteiger charge is 2.18. The maximum atomic E-state index is 12.2. The molecule has 1 aliphatic heterocycles. The molecule has 0 saturated carbocycles. The van der Waals surface area contributed by atoms with E-state index < -0.39 is 0 Å². The molecular formula is C13H9Cl2N3O3S. The summed E-state index contributed by atoms with van der Waals surface area (Å²) < 4.78 is 9.23. The van der Waals surface area contributed by atoms with Gasteiger partial charge in [0.2, 0.25) is 0 Å². The van der Waals surface area contributed by atoms with Crippen molar-refractivity contribution >= 4 is 52.2 Å². The van der Waals surface area contributed by atoms with E-state index in [4.69, 9.17) is 32.8 Å². The van der Waals surface area contributed by atoms with E-state index in [0.717, 1.165) is 11.5 Å². The predicted molar refractivity (Wildman–Crippen MR) is 85.0 cm³/mol. The number of hydrogen-bond acceptors (Lipinski definition) is 6. The molecule has 0 aliphatic carbocycles. The molecule has 1 aromatic heterocycles. The largest absolute Gasteiger partial charge is 0.471 e. The predicted octanol–water partition coefficient (Wildman–Crippen LogP) is 3.41. The van der Waals surface area contributed by atoms with Gasteiger partial charge in [0.1, 0.15) is 16.5 Å².